The number of carbonyl (C=O) groups excluding carboxylic acids is 2. The summed E-state index contributed by atoms with van der Waals surface area (Å²) in [6.07, 6.45) is 2.73. The lowest BCUT2D eigenvalue weighted by atomic mass is 10.1. The quantitative estimate of drug-likeness (QED) is 0.768. The summed E-state index contributed by atoms with van der Waals surface area (Å²) in [6, 6.07) is 13.6. The number of aryl methyl sites for hydroxylation is 1. The number of carbonyl (C=O) groups is 2. The van der Waals surface area contributed by atoms with Crippen LogP contribution in [0.3, 0.4) is 0 Å². The van der Waals surface area contributed by atoms with E-state index in [9.17, 15) is 14.0 Å². The Morgan fingerprint density at radius 1 is 1.12 bits per heavy atom. The molecule has 0 atom stereocenters. The highest BCUT2D eigenvalue weighted by Crippen LogP contribution is 2.24. The fourth-order valence-corrected chi connectivity index (χ4v) is 2.89. The Morgan fingerprint density at radius 2 is 1.80 bits per heavy atom. The molecule has 0 bridgehead atoms. The summed E-state index contributed by atoms with van der Waals surface area (Å²) in [4.78, 5) is 26.7. The van der Waals surface area contributed by atoms with Crippen LogP contribution >= 0.6 is 11.8 Å². The van der Waals surface area contributed by atoms with Gasteiger partial charge in [0.2, 0.25) is 11.8 Å². The van der Waals surface area contributed by atoms with E-state index < -0.39 is 0 Å². The maximum absolute atomic E-state index is 12.9. The Bertz CT molecular complexity index is 734. The number of hydrogen-bond acceptors (Lipinski definition) is 3. The van der Waals surface area contributed by atoms with Crippen molar-refractivity contribution in [1.29, 1.82) is 0 Å². The number of para-hydroxylation sites is 1. The summed E-state index contributed by atoms with van der Waals surface area (Å²) in [6.45, 7) is -0.00896. The Kier molecular flexibility index (Phi) is 7.01. The molecule has 132 valence electrons. The molecule has 0 aliphatic rings. The van der Waals surface area contributed by atoms with Gasteiger partial charge in [-0.05, 0) is 42.5 Å². The molecule has 2 aromatic rings. The van der Waals surface area contributed by atoms with Crippen molar-refractivity contribution in [2.75, 3.05) is 25.2 Å². The van der Waals surface area contributed by atoms with E-state index in [4.69, 9.17) is 0 Å². The molecule has 0 fully saturated rings. The summed E-state index contributed by atoms with van der Waals surface area (Å²) in [5.74, 6) is -0.661. The average molecular weight is 360 g/mol. The van der Waals surface area contributed by atoms with Crippen LogP contribution in [-0.2, 0) is 16.0 Å². The molecule has 2 amide bonds. The monoisotopic (exact) mass is 360 g/mol. The number of nitrogens with zero attached hydrogens (tertiary/aromatic N) is 1. The second kappa shape index (κ2) is 9.22. The van der Waals surface area contributed by atoms with E-state index in [-0.39, 0.29) is 30.6 Å². The molecule has 25 heavy (non-hydrogen) atoms. The van der Waals surface area contributed by atoms with Crippen LogP contribution in [0.4, 0.5) is 10.1 Å². The van der Waals surface area contributed by atoms with Crippen molar-refractivity contribution in [3.63, 3.8) is 0 Å². The minimum atomic E-state index is -0.297. The van der Waals surface area contributed by atoms with E-state index in [1.165, 1.54) is 17.0 Å². The van der Waals surface area contributed by atoms with Gasteiger partial charge < -0.3 is 10.2 Å². The fourth-order valence-electron chi connectivity index (χ4n) is 2.33. The van der Waals surface area contributed by atoms with Crippen LogP contribution in [0.15, 0.2) is 53.4 Å². The molecule has 0 saturated carbocycles. The lowest BCUT2D eigenvalue weighted by molar-refractivity contribution is -0.133. The standard InChI is InChI=1S/C19H21FN2O2S/c1-22(19(24)12-9-14-7-10-15(20)11-8-14)13-18(23)21-16-5-3-4-6-17(16)25-2/h3-8,10-11H,9,12-13H2,1-2H3,(H,21,23). The molecule has 0 radical (unpaired) electrons. The summed E-state index contributed by atoms with van der Waals surface area (Å²) in [5.41, 5.74) is 1.63. The number of thioether (sulfide) groups is 1. The first-order valence-electron chi connectivity index (χ1n) is 7.91. The molecule has 4 nitrogen and oxygen atoms in total. The highest BCUT2D eigenvalue weighted by Gasteiger charge is 2.14. The van der Waals surface area contributed by atoms with Crippen molar-refractivity contribution in [2.24, 2.45) is 0 Å². The number of likely N-dealkylation sites (N-methyl/N-ethyl adjacent to an activating group) is 1. The van der Waals surface area contributed by atoms with Crippen molar-refractivity contribution in [3.8, 4) is 0 Å². The van der Waals surface area contributed by atoms with Gasteiger partial charge in [0, 0.05) is 18.4 Å². The zero-order chi connectivity index (χ0) is 18.2. The van der Waals surface area contributed by atoms with Crippen molar-refractivity contribution in [1.82, 2.24) is 4.90 Å². The molecule has 0 aliphatic carbocycles. The Hall–Kier alpha value is -2.34. The lowest BCUT2D eigenvalue weighted by Gasteiger charge is -2.17. The van der Waals surface area contributed by atoms with Crippen LogP contribution in [0.5, 0.6) is 0 Å². The van der Waals surface area contributed by atoms with Gasteiger partial charge in [-0.3, -0.25) is 9.59 Å². The van der Waals surface area contributed by atoms with Crippen LogP contribution < -0.4 is 5.32 Å². The van der Waals surface area contributed by atoms with E-state index in [1.54, 1.807) is 30.9 Å². The van der Waals surface area contributed by atoms with E-state index in [0.29, 0.717) is 6.42 Å². The maximum atomic E-state index is 12.9. The number of anilines is 1. The van der Waals surface area contributed by atoms with Crippen molar-refractivity contribution >= 4 is 29.3 Å². The number of nitrogens with one attached hydrogen (secondary N) is 1. The molecular formula is C19H21FN2O2S. The second-order valence-corrected chi connectivity index (χ2v) is 6.47. The normalized spacial score (nSPS) is 10.4. The second-order valence-electron chi connectivity index (χ2n) is 5.62. The van der Waals surface area contributed by atoms with Crippen molar-refractivity contribution < 1.29 is 14.0 Å². The first-order valence-corrected chi connectivity index (χ1v) is 9.13. The Balaban J connectivity index is 1.83. The number of amides is 2. The van der Waals surface area contributed by atoms with Gasteiger partial charge in [-0.25, -0.2) is 4.39 Å². The maximum Gasteiger partial charge on any atom is 0.244 e. The van der Waals surface area contributed by atoms with Gasteiger partial charge in [0.05, 0.1) is 12.2 Å². The first-order chi connectivity index (χ1) is 12.0. The summed E-state index contributed by atoms with van der Waals surface area (Å²) in [7, 11) is 1.60. The average Bonchev–Trinajstić information content (AvgIpc) is 2.61. The SMILES string of the molecule is CSc1ccccc1NC(=O)CN(C)C(=O)CCc1ccc(F)cc1. The third kappa shape index (κ3) is 5.90. The molecule has 0 spiro atoms. The predicted molar refractivity (Wildman–Crippen MR) is 99.2 cm³/mol. The third-order valence-corrected chi connectivity index (χ3v) is 4.52. The third-order valence-electron chi connectivity index (χ3n) is 3.73. The van der Waals surface area contributed by atoms with Gasteiger partial charge in [0.25, 0.3) is 0 Å². The van der Waals surface area contributed by atoms with Crippen LogP contribution in [0, 0.1) is 5.82 Å². The van der Waals surface area contributed by atoms with Gasteiger partial charge in [-0.15, -0.1) is 11.8 Å². The van der Waals surface area contributed by atoms with Crippen LogP contribution in [0.1, 0.15) is 12.0 Å². The highest BCUT2D eigenvalue weighted by molar-refractivity contribution is 7.98. The zero-order valence-corrected chi connectivity index (χ0v) is 15.1. The molecular weight excluding hydrogens is 339 g/mol. The fraction of sp³-hybridized carbons (Fsp3) is 0.263. The van der Waals surface area contributed by atoms with E-state index in [0.717, 1.165) is 16.1 Å². The predicted octanol–water partition coefficient (Wildman–Crippen LogP) is 3.58. The van der Waals surface area contributed by atoms with Crippen LogP contribution in [0.25, 0.3) is 0 Å². The molecule has 6 heteroatoms. The largest absolute Gasteiger partial charge is 0.336 e. The number of benzene rings is 2. The van der Waals surface area contributed by atoms with E-state index >= 15 is 0 Å². The van der Waals surface area contributed by atoms with Gasteiger partial charge >= 0.3 is 0 Å². The smallest absolute Gasteiger partial charge is 0.244 e. The van der Waals surface area contributed by atoms with Gasteiger partial charge in [-0.2, -0.15) is 0 Å². The minimum absolute atomic E-state index is 0.00896. The Labute approximate surface area is 151 Å². The van der Waals surface area contributed by atoms with Crippen LogP contribution in [0.2, 0.25) is 0 Å². The van der Waals surface area contributed by atoms with Crippen molar-refractivity contribution in [2.45, 2.75) is 17.7 Å². The Morgan fingerprint density at radius 3 is 2.48 bits per heavy atom. The molecule has 0 aromatic heterocycles. The van der Waals surface area contributed by atoms with Crippen molar-refractivity contribution in [3.05, 3.63) is 59.9 Å². The summed E-state index contributed by atoms with van der Waals surface area (Å²) >= 11 is 1.55. The summed E-state index contributed by atoms with van der Waals surface area (Å²) in [5, 5.41) is 2.83. The molecule has 2 rings (SSSR count). The molecule has 0 aliphatic heterocycles. The zero-order valence-electron chi connectivity index (χ0n) is 14.3. The van der Waals surface area contributed by atoms with Crippen LogP contribution in [-0.4, -0.2) is 36.6 Å². The van der Waals surface area contributed by atoms with Gasteiger partial charge in [0.1, 0.15) is 5.82 Å². The highest BCUT2D eigenvalue weighted by atomic mass is 32.2. The topological polar surface area (TPSA) is 49.4 Å². The van der Waals surface area contributed by atoms with E-state index in [2.05, 4.69) is 5.32 Å². The summed E-state index contributed by atoms with van der Waals surface area (Å²) < 4.78 is 12.9. The number of halogens is 1. The molecule has 0 unspecified atom stereocenters. The first kappa shape index (κ1) is 19.0. The number of hydrogen-bond donors (Lipinski definition) is 1. The van der Waals surface area contributed by atoms with Gasteiger partial charge in [0.15, 0.2) is 0 Å². The molecule has 0 saturated heterocycles. The number of rotatable bonds is 7. The molecule has 2 aromatic carbocycles. The van der Waals surface area contributed by atoms with Gasteiger partial charge in [-0.1, -0.05) is 24.3 Å². The minimum Gasteiger partial charge on any atom is -0.336 e. The lowest BCUT2D eigenvalue weighted by Crippen LogP contribution is -2.35. The van der Waals surface area contributed by atoms with E-state index in [1.807, 2.05) is 30.5 Å². The molecule has 0 heterocycles. The molecule has 1 N–H and O–H groups in total.